The van der Waals surface area contributed by atoms with E-state index in [0.29, 0.717) is 12.0 Å². The SMILES string of the molecule is C=C1Cc2c(F)cc(F)cc2C1C. The zero-order valence-electron chi connectivity index (χ0n) is 7.40. The average Bonchev–Trinajstić information content (AvgIpc) is 2.32. The summed E-state index contributed by atoms with van der Waals surface area (Å²) in [5, 5.41) is 0. The molecule has 0 saturated heterocycles. The summed E-state index contributed by atoms with van der Waals surface area (Å²) in [5.74, 6) is -0.862. The fourth-order valence-electron chi connectivity index (χ4n) is 1.80. The maximum absolute atomic E-state index is 13.2. The van der Waals surface area contributed by atoms with E-state index in [0.717, 1.165) is 17.2 Å². The summed E-state index contributed by atoms with van der Waals surface area (Å²) >= 11 is 0. The van der Waals surface area contributed by atoms with Crippen LogP contribution in [-0.2, 0) is 6.42 Å². The summed E-state index contributed by atoms with van der Waals surface area (Å²) in [4.78, 5) is 0. The third-order valence-electron chi connectivity index (χ3n) is 2.68. The van der Waals surface area contributed by atoms with Crippen LogP contribution in [0.1, 0.15) is 24.0 Å². The minimum absolute atomic E-state index is 0.0835. The largest absolute Gasteiger partial charge is 0.207 e. The number of halogens is 2. The van der Waals surface area contributed by atoms with Crippen molar-refractivity contribution in [1.82, 2.24) is 0 Å². The predicted octanol–water partition coefficient (Wildman–Crippen LogP) is 3.18. The third kappa shape index (κ3) is 1.17. The number of benzene rings is 1. The molecule has 0 aromatic heterocycles. The standard InChI is InChI=1S/C11H10F2/c1-6-3-10-9(7(6)2)4-8(12)5-11(10)13/h4-5,7H,1,3H2,2H3. The molecule has 1 aliphatic rings. The molecule has 1 aromatic carbocycles. The quantitative estimate of drug-likeness (QED) is 0.538. The molecule has 68 valence electrons. The summed E-state index contributed by atoms with van der Waals surface area (Å²) in [5.41, 5.74) is 2.32. The van der Waals surface area contributed by atoms with Gasteiger partial charge in [0, 0.05) is 12.0 Å². The molecule has 0 saturated carbocycles. The van der Waals surface area contributed by atoms with E-state index in [1.165, 1.54) is 6.07 Å². The van der Waals surface area contributed by atoms with Crippen LogP contribution in [-0.4, -0.2) is 0 Å². The van der Waals surface area contributed by atoms with E-state index in [1.807, 2.05) is 6.92 Å². The van der Waals surface area contributed by atoms with E-state index in [1.54, 1.807) is 0 Å². The highest BCUT2D eigenvalue weighted by molar-refractivity contribution is 5.45. The molecule has 0 aliphatic heterocycles. The summed E-state index contributed by atoms with van der Waals surface area (Å²) in [6.07, 6.45) is 0.544. The molecule has 1 aromatic rings. The molecular weight excluding hydrogens is 170 g/mol. The molecule has 0 nitrogen and oxygen atoms in total. The van der Waals surface area contributed by atoms with Gasteiger partial charge in [-0.1, -0.05) is 19.1 Å². The smallest absolute Gasteiger partial charge is 0.129 e. The molecule has 1 atom stereocenters. The first-order chi connectivity index (χ1) is 6.09. The van der Waals surface area contributed by atoms with Crippen molar-refractivity contribution in [2.75, 3.05) is 0 Å². The van der Waals surface area contributed by atoms with Gasteiger partial charge in [-0.05, 0) is 23.6 Å². The summed E-state index contributed by atoms with van der Waals surface area (Å²) < 4.78 is 26.1. The highest BCUT2D eigenvalue weighted by Crippen LogP contribution is 2.37. The number of fused-ring (bicyclic) bond motifs is 1. The van der Waals surface area contributed by atoms with E-state index in [-0.39, 0.29) is 5.92 Å². The Hall–Kier alpha value is -1.18. The van der Waals surface area contributed by atoms with Crippen molar-refractivity contribution in [3.8, 4) is 0 Å². The lowest BCUT2D eigenvalue weighted by atomic mass is 10.0. The second-order valence-corrected chi connectivity index (χ2v) is 3.51. The predicted molar refractivity (Wildman–Crippen MR) is 47.6 cm³/mol. The second kappa shape index (κ2) is 2.66. The lowest BCUT2D eigenvalue weighted by molar-refractivity contribution is 0.574. The Morgan fingerprint density at radius 3 is 2.77 bits per heavy atom. The second-order valence-electron chi connectivity index (χ2n) is 3.51. The summed E-state index contributed by atoms with van der Waals surface area (Å²) in [6.45, 7) is 5.76. The van der Waals surface area contributed by atoms with Crippen LogP contribution in [0.25, 0.3) is 0 Å². The Balaban J connectivity index is 2.63. The third-order valence-corrected chi connectivity index (χ3v) is 2.68. The number of rotatable bonds is 0. The van der Waals surface area contributed by atoms with Crippen molar-refractivity contribution in [2.45, 2.75) is 19.3 Å². The van der Waals surface area contributed by atoms with Crippen LogP contribution in [0.2, 0.25) is 0 Å². The van der Waals surface area contributed by atoms with Crippen molar-refractivity contribution in [3.05, 3.63) is 47.0 Å². The van der Waals surface area contributed by atoms with E-state index >= 15 is 0 Å². The molecule has 0 spiro atoms. The first-order valence-electron chi connectivity index (χ1n) is 4.25. The van der Waals surface area contributed by atoms with Crippen LogP contribution in [0.3, 0.4) is 0 Å². The molecule has 0 N–H and O–H groups in total. The molecule has 0 bridgehead atoms. The summed E-state index contributed by atoms with van der Waals surface area (Å²) in [7, 11) is 0. The van der Waals surface area contributed by atoms with Crippen LogP contribution < -0.4 is 0 Å². The monoisotopic (exact) mass is 180 g/mol. The highest BCUT2D eigenvalue weighted by atomic mass is 19.1. The Kier molecular flexibility index (Phi) is 1.72. The molecule has 2 heteroatoms. The fraction of sp³-hybridized carbons (Fsp3) is 0.273. The van der Waals surface area contributed by atoms with E-state index in [4.69, 9.17) is 0 Å². The first kappa shape index (κ1) is 8.42. The Morgan fingerprint density at radius 2 is 2.08 bits per heavy atom. The van der Waals surface area contributed by atoms with Gasteiger partial charge in [-0.2, -0.15) is 0 Å². The van der Waals surface area contributed by atoms with Crippen molar-refractivity contribution in [1.29, 1.82) is 0 Å². The van der Waals surface area contributed by atoms with E-state index in [2.05, 4.69) is 6.58 Å². The van der Waals surface area contributed by atoms with Crippen LogP contribution >= 0.6 is 0 Å². The van der Waals surface area contributed by atoms with Crippen LogP contribution in [0.4, 0.5) is 8.78 Å². The van der Waals surface area contributed by atoms with Gasteiger partial charge < -0.3 is 0 Å². The van der Waals surface area contributed by atoms with Gasteiger partial charge in [0.25, 0.3) is 0 Å². The van der Waals surface area contributed by atoms with Crippen LogP contribution in [0.5, 0.6) is 0 Å². The van der Waals surface area contributed by atoms with Crippen molar-refractivity contribution < 1.29 is 8.78 Å². The van der Waals surface area contributed by atoms with Crippen LogP contribution in [0.15, 0.2) is 24.3 Å². The topological polar surface area (TPSA) is 0 Å². The van der Waals surface area contributed by atoms with Gasteiger partial charge in [-0.15, -0.1) is 0 Å². The molecule has 13 heavy (non-hydrogen) atoms. The van der Waals surface area contributed by atoms with Gasteiger partial charge in [0.1, 0.15) is 11.6 Å². The normalized spacial score (nSPS) is 20.5. The zero-order chi connectivity index (χ0) is 9.59. The van der Waals surface area contributed by atoms with Gasteiger partial charge in [-0.3, -0.25) is 0 Å². The molecule has 0 radical (unpaired) electrons. The molecule has 2 rings (SSSR count). The minimum atomic E-state index is -0.502. The Labute approximate surface area is 75.9 Å². The molecule has 1 aliphatic carbocycles. The zero-order valence-corrected chi connectivity index (χ0v) is 7.40. The average molecular weight is 180 g/mol. The lowest BCUT2D eigenvalue weighted by Crippen LogP contribution is -1.92. The first-order valence-corrected chi connectivity index (χ1v) is 4.25. The van der Waals surface area contributed by atoms with Crippen LogP contribution in [0, 0.1) is 11.6 Å². The fourth-order valence-corrected chi connectivity index (χ4v) is 1.80. The van der Waals surface area contributed by atoms with Gasteiger partial charge in [0.2, 0.25) is 0 Å². The highest BCUT2D eigenvalue weighted by Gasteiger charge is 2.25. The molecule has 0 fully saturated rings. The Bertz CT molecular complexity index is 380. The number of hydrogen-bond acceptors (Lipinski definition) is 0. The number of allylic oxidation sites excluding steroid dienone is 1. The van der Waals surface area contributed by atoms with Gasteiger partial charge in [0.05, 0.1) is 0 Å². The lowest BCUT2D eigenvalue weighted by Gasteiger charge is -2.05. The van der Waals surface area contributed by atoms with E-state index in [9.17, 15) is 8.78 Å². The molecule has 1 unspecified atom stereocenters. The minimum Gasteiger partial charge on any atom is -0.207 e. The maximum atomic E-state index is 13.2. The van der Waals surface area contributed by atoms with Crippen molar-refractivity contribution in [3.63, 3.8) is 0 Å². The summed E-state index contributed by atoms with van der Waals surface area (Å²) in [6, 6.07) is 2.34. The Morgan fingerprint density at radius 1 is 1.38 bits per heavy atom. The molecule has 0 amide bonds. The van der Waals surface area contributed by atoms with Crippen molar-refractivity contribution >= 4 is 0 Å². The van der Waals surface area contributed by atoms with Crippen molar-refractivity contribution in [2.24, 2.45) is 0 Å². The van der Waals surface area contributed by atoms with E-state index < -0.39 is 11.6 Å². The van der Waals surface area contributed by atoms with Gasteiger partial charge >= 0.3 is 0 Å². The van der Waals surface area contributed by atoms with Gasteiger partial charge in [-0.25, -0.2) is 8.78 Å². The molecule has 0 heterocycles. The van der Waals surface area contributed by atoms with Gasteiger partial charge in [0.15, 0.2) is 0 Å². The molecular formula is C11H10F2. The maximum Gasteiger partial charge on any atom is 0.129 e. The number of hydrogen-bond donors (Lipinski definition) is 0.